The summed E-state index contributed by atoms with van der Waals surface area (Å²) >= 11 is -0.845. The summed E-state index contributed by atoms with van der Waals surface area (Å²) in [4.78, 5) is 0. The predicted octanol–water partition coefficient (Wildman–Crippen LogP) is 3.86. The average molecular weight is 207 g/mol. The number of fused-ring (bicyclic) bond motifs is 1. The van der Waals surface area contributed by atoms with Crippen molar-refractivity contribution >= 4 is 6.08 Å². The van der Waals surface area contributed by atoms with Gasteiger partial charge in [-0.25, -0.2) is 0 Å². The molecule has 0 spiro atoms. The summed E-state index contributed by atoms with van der Waals surface area (Å²) in [6.07, 6.45) is 2.36. The molecule has 0 fully saturated rings. The molecule has 0 amide bonds. The molecule has 1 aromatic rings. The van der Waals surface area contributed by atoms with Crippen molar-refractivity contribution in [2.45, 2.75) is 21.6 Å². The van der Waals surface area contributed by atoms with Gasteiger partial charge in [-0.15, -0.1) is 0 Å². The van der Waals surface area contributed by atoms with Gasteiger partial charge in [0.05, 0.1) is 0 Å². The van der Waals surface area contributed by atoms with Crippen LogP contribution in [0.2, 0.25) is 10.5 Å². The third kappa shape index (κ3) is 1.54. The first kappa shape index (κ1) is 9.24. The first-order chi connectivity index (χ1) is 6.20. The molecule has 0 aliphatic heterocycles. The second kappa shape index (κ2) is 3.44. The Morgan fingerprint density at radius 2 is 1.85 bits per heavy atom. The topological polar surface area (TPSA) is 0 Å². The SMILES string of the molecule is CC1=Cc2ccccc2[CH]1[Ti]([CH3])[CH3]. The molecule has 1 atom stereocenters. The van der Waals surface area contributed by atoms with Gasteiger partial charge in [0.25, 0.3) is 0 Å². The molecule has 1 unspecified atom stereocenters. The number of hydrogen-bond donors (Lipinski definition) is 0. The first-order valence-electron chi connectivity index (χ1n) is 4.77. The fraction of sp³-hybridized carbons (Fsp3) is 0.333. The van der Waals surface area contributed by atoms with Crippen molar-refractivity contribution in [2.24, 2.45) is 0 Å². The number of allylic oxidation sites excluding steroid dienone is 1. The van der Waals surface area contributed by atoms with E-state index in [1.165, 1.54) is 5.56 Å². The van der Waals surface area contributed by atoms with Crippen LogP contribution in [0.5, 0.6) is 0 Å². The maximum atomic E-state index is 2.46. The fourth-order valence-corrected chi connectivity index (χ4v) is 5.18. The van der Waals surface area contributed by atoms with Gasteiger partial charge in [0.2, 0.25) is 0 Å². The van der Waals surface area contributed by atoms with E-state index in [9.17, 15) is 0 Å². The van der Waals surface area contributed by atoms with E-state index in [1.807, 2.05) is 0 Å². The Balaban J connectivity index is 2.49. The van der Waals surface area contributed by atoms with Crippen LogP contribution in [0, 0.1) is 0 Å². The van der Waals surface area contributed by atoms with Crippen molar-refractivity contribution in [2.75, 3.05) is 0 Å². The predicted molar refractivity (Wildman–Crippen MR) is 54.6 cm³/mol. The number of benzene rings is 1. The van der Waals surface area contributed by atoms with E-state index < -0.39 is 17.9 Å². The van der Waals surface area contributed by atoms with Crippen LogP contribution in [0.3, 0.4) is 0 Å². The Morgan fingerprint density at radius 1 is 1.15 bits per heavy atom. The average Bonchev–Trinajstić information content (AvgIpc) is 2.39. The number of rotatable bonds is 1. The molecule has 0 saturated heterocycles. The molecule has 0 nitrogen and oxygen atoms in total. The Morgan fingerprint density at radius 3 is 2.54 bits per heavy atom. The molecule has 0 aromatic heterocycles. The normalized spacial score (nSPS) is 19.6. The van der Waals surface area contributed by atoms with Crippen LogP contribution < -0.4 is 0 Å². The monoisotopic (exact) mass is 207 g/mol. The van der Waals surface area contributed by atoms with Gasteiger partial charge in [-0.1, -0.05) is 0 Å². The van der Waals surface area contributed by atoms with Crippen molar-refractivity contribution in [1.82, 2.24) is 0 Å². The van der Waals surface area contributed by atoms with E-state index in [4.69, 9.17) is 0 Å². The van der Waals surface area contributed by atoms with E-state index in [2.05, 4.69) is 47.7 Å². The van der Waals surface area contributed by atoms with Gasteiger partial charge >= 0.3 is 86.5 Å². The van der Waals surface area contributed by atoms with E-state index >= 15 is 0 Å². The van der Waals surface area contributed by atoms with Gasteiger partial charge in [-0.2, -0.15) is 0 Å². The molecule has 0 N–H and O–H groups in total. The Hall–Kier alpha value is -0.326. The molecular weight excluding hydrogens is 192 g/mol. The summed E-state index contributed by atoms with van der Waals surface area (Å²) in [5.74, 6) is 0. The van der Waals surface area contributed by atoms with Crippen LogP contribution in [0.4, 0.5) is 0 Å². The minimum absolute atomic E-state index is 0.816. The Kier molecular flexibility index (Phi) is 2.44. The molecule has 13 heavy (non-hydrogen) atoms. The summed E-state index contributed by atoms with van der Waals surface area (Å²) in [7, 11) is 0. The molecule has 2 rings (SSSR count). The molecule has 67 valence electrons. The Bertz CT molecular complexity index is 350. The van der Waals surface area contributed by atoms with Crippen molar-refractivity contribution in [3.63, 3.8) is 0 Å². The maximum absolute atomic E-state index is 2.46. The minimum atomic E-state index is -0.845. The van der Waals surface area contributed by atoms with Crippen LogP contribution in [0.1, 0.15) is 22.3 Å². The van der Waals surface area contributed by atoms with Gasteiger partial charge in [0, 0.05) is 0 Å². The molecule has 1 aromatic carbocycles. The van der Waals surface area contributed by atoms with E-state index in [0.29, 0.717) is 0 Å². The first-order valence-corrected chi connectivity index (χ1v) is 8.80. The zero-order valence-corrected chi connectivity index (χ0v) is 10.0. The van der Waals surface area contributed by atoms with Gasteiger partial charge in [-0.05, 0) is 0 Å². The van der Waals surface area contributed by atoms with Gasteiger partial charge in [0.1, 0.15) is 0 Å². The third-order valence-electron chi connectivity index (χ3n) is 2.72. The van der Waals surface area contributed by atoms with Crippen LogP contribution in [-0.4, -0.2) is 0 Å². The fourth-order valence-electron chi connectivity index (χ4n) is 2.25. The molecule has 1 heteroatoms. The zero-order chi connectivity index (χ0) is 9.42. The summed E-state index contributed by atoms with van der Waals surface area (Å²) in [6.45, 7) is 2.28. The Labute approximate surface area is 86.5 Å². The molecule has 0 heterocycles. The van der Waals surface area contributed by atoms with Crippen molar-refractivity contribution in [3.05, 3.63) is 41.0 Å². The van der Waals surface area contributed by atoms with Crippen LogP contribution in [0.15, 0.2) is 29.8 Å². The molecule has 0 bridgehead atoms. The van der Waals surface area contributed by atoms with Crippen LogP contribution in [-0.2, 0) is 17.9 Å². The second-order valence-electron chi connectivity index (χ2n) is 4.03. The summed E-state index contributed by atoms with van der Waals surface area (Å²) in [5.41, 5.74) is 4.62. The molecule has 0 radical (unpaired) electrons. The molecule has 1 aliphatic carbocycles. The second-order valence-corrected chi connectivity index (χ2v) is 8.29. The van der Waals surface area contributed by atoms with Crippen molar-refractivity contribution in [3.8, 4) is 0 Å². The van der Waals surface area contributed by atoms with E-state index in [0.717, 1.165) is 4.22 Å². The van der Waals surface area contributed by atoms with Gasteiger partial charge in [0.15, 0.2) is 0 Å². The third-order valence-corrected chi connectivity index (χ3v) is 5.72. The summed E-state index contributed by atoms with van der Waals surface area (Å²) < 4.78 is 0.816. The van der Waals surface area contributed by atoms with Crippen LogP contribution in [0.25, 0.3) is 6.08 Å². The van der Waals surface area contributed by atoms with Gasteiger partial charge in [-0.3, -0.25) is 0 Å². The quantitative estimate of drug-likeness (QED) is 0.613. The van der Waals surface area contributed by atoms with Crippen molar-refractivity contribution in [1.29, 1.82) is 0 Å². The van der Waals surface area contributed by atoms with E-state index in [1.54, 1.807) is 11.1 Å². The molecule has 0 saturated carbocycles. The van der Waals surface area contributed by atoms with E-state index in [-0.39, 0.29) is 0 Å². The van der Waals surface area contributed by atoms with Crippen LogP contribution >= 0.6 is 0 Å². The van der Waals surface area contributed by atoms with Crippen molar-refractivity contribution < 1.29 is 17.9 Å². The number of hydrogen-bond acceptors (Lipinski definition) is 0. The van der Waals surface area contributed by atoms with Gasteiger partial charge < -0.3 is 0 Å². The standard InChI is InChI=1S/C10H9.2CH3.Ti/c1-8-6-9-4-2-3-5-10(9)7-8;;;/h2-7H,1H3;2*1H3;. The summed E-state index contributed by atoms with van der Waals surface area (Å²) in [6, 6.07) is 8.84. The molecular formula is C12H15Ti. The summed E-state index contributed by atoms with van der Waals surface area (Å²) in [5, 5.41) is 4.92. The zero-order valence-electron chi connectivity index (χ0n) is 8.46. The molecule has 1 aliphatic rings.